The minimum atomic E-state index is -1.35. The van der Waals surface area contributed by atoms with E-state index in [-0.39, 0.29) is 13.2 Å². The van der Waals surface area contributed by atoms with Crippen LogP contribution in [-0.4, -0.2) is 30.5 Å². The van der Waals surface area contributed by atoms with Crippen molar-refractivity contribution in [1.82, 2.24) is 0 Å². The lowest BCUT2D eigenvalue weighted by atomic mass is 9.93. The van der Waals surface area contributed by atoms with Gasteiger partial charge < -0.3 is 20.1 Å². The number of aryl methyl sites for hydroxylation is 2. The molecule has 0 saturated carbocycles. The van der Waals surface area contributed by atoms with Gasteiger partial charge in [0.15, 0.2) is 8.69 Å². The average Bonchev–Trinajstić information content (AvgIpc) is 2.77. The second kappa shape index (κ2) is 12.4. The van der Waals surface area contributed by atoms with Crippen molar-refractivity contribution < 1.29 is 18.9 Å². The molecule has 0 spiro atoms. The van der Waals surface area contributed by atoms with E-state index < -0.39 is 14.2 Å². The third-order valence-corrected chi connectivity index (χ3v) is 5.09. The summed E-state index contributed by atoms with van der Waals surface area (Å²) < 4.78 is 21.3. The van der Waals surface area contributed by atoms with Gasteiger partial charge in [0.1, 0.15) is 11.8 Å². The Morgan fingerprint density at radius 2 is 1.90 bits per heavy atom. The number of nitrogens with two attached hydrogens (primary N) is 1. The molecule has 0 aliphatic carbocycles. The number of hydrogen-bond acceptors (Lipinski definition) is 6. The summed E-state index contributed by atoms with van der Waals surface area (Å²) in [6.45, 7) is 0.339. The molecule has 3 N–H and O–H groups in total. The molecule has 0 aromatic heterocycles. The first-order chi connectivity index (χ1) is 14.1. The predicted octanol–water partition coefficient (Wildman–Crippen LogP) is 3.27. The average molecular weight is 416 g/mol. The largest absolute Gasteiger partial charge is 0.492 e. The molecular formula is C22H29N2O4P. The topological polar surface area (TPSA) is 106 Å². The van der Waals surface area contributed by atoms with Gasteiger partial charge in [0.2, 0.25) is 0 Å². The molecule has 156 valence electrons. The Kier molecular flexibility index (Phi) is 9.90. The van der Waals surface area contributed by atoms with Crippen LogP contribution in [0.4, 0.5) is 0 Å². The van der Waals surface area contributed by atoms with Crippen LogP contribution in [0.1, 0.15) is 36.0 Å². The molecule has 0 amide bonds. The summed E-state index contributed by atoms with van der Waals surface area (Å²) in [5.74, 6) is 0.579. The van der Waals surface area contributed by atoms with Crippen molar-refractivity contribution in [3.8, 4) is 11.8 Å². The van der Waals surface area contributed by atoms with Gasteiger partial charge in [-0.1, -0.05) is 36.4 Å². The van der Waals surface area contributed by atoms with Gasteiger partial charge in [-0.3, -0.25) is 4.57 Å². The van der Waals surface area contributed by atoms with Gasteiger partial charge in [0, 0.05) is 0 Å². The van der Waals surface area contributed by atoms with Crippen molar-refractivity contribution in [2.45, 2.75) is 37.6 Å². The number of rotatable bonds is 13. The highest BCUT2D eigenvalue weighted by molar-refractivity contribution is 7.17. The monoisotopic (exact) mass is 416 g/mol. The molecule has 6 nitrogen and oxygen atoms in total. The fourth-order valence-electron chi connectivity index (χ4n) is 2.99. The third-order valence-electron chi connectivity index (χ3n) is 4.79. The van der Waals surface area contributed by atoms with E-state index in [1.807, 2.05) is 24.3 Å². The first-order valence-corrected chi connectivity index (χ1v) is 10.7. The first-order valence-electron chi connectivity index (χ1n) is 9.75. The second-order valence-corrected chi connectivity index (χ2v) is 7.69. The van der Waals surface area contributed by atoms with Crippen molar-refractivity contribution in [2.24, 2.45) is 5.73 Å². The normalized spacial score (nSPS) is 13.3. The van der Waals surface area contributed by atoms with E-state index in [4.69, 9.17) is 15.0 Å². The molecule has 0 radical (unpaired) electrons. The number of unbranched alkanes of at least 4 members (excludes halogenated alkanes) is 1. The molecular weight excluding hydrogens is 387 g/mol. The van der Waals surface area contributed by atoms with Gasteiger partial charge in [-0.2, -0.15) is 5.26 Å². The van der Waals surface area contributed by atoms with Crippen LogP contribution in [0.5, 0.6) is 5.75 Å². The van der Waals surface area contributed by atoms with Crippen molar-refractivity contribution in [2.75, 3.05) is 19.8 Å². The zero-order valence-electron chi connectivity index (χ0n) is 16.5. The Balaban J connectivity index is 1.83. The second-order valence-electron chi connectivity index (χ2n) is 7.16. The summed E-state index contributed by atoms with van der Waals surface area (Å²) in [5, 5.41) is 18.9. The van der Waals surface area contributed by atoms with E-state index in [0.717, 1.165) is 24.8 Å². The number of benzene rings is 2. The fourth-order valence-corrected chi connectivity index (χ4v) is 3.39. The number of nitriles is 1. The molecule has 0 fully saturated rings. The van der Waals surface area contributed by atoms with Gasteiger partial charge in [0.25, 0.3) is 0 Å². The molecule has 0 aliphatic heterocycles. The Bertz CT molecular complexity index is 810. The molecule has 2 aromatic carbocycles. The van der Waals surface area contributed by atoms with E-state index in [2.05, 4.69) is 18.2 Å². The van der Waals surface area contributed by atoms with Crippen molar-refractivity contribution in [1.29, 1.82) is 5.26 Å². The highest BCUT2D eigenvalue weighted by Gasteiger charge is 2.24. The highest BCUT2D eigenvalue weighted by Crippen LogP contribution is 2.22. The first kappa shape index (κ1) is 23.1. The van der Waals surface area contributed by atoms with Gasteiger partial charge in [0.05, 0.1) is 30.9 Å². The summed E-state index contributed by atoms with van der Waals surface area (Å²) in [6, 6.07) is 18.0. The lowest BCUT2D eigenvalue weighted by Crippen LogP contribution is -2.47. The lowest BCUT2D eigenvalue weighted by molar-refractivity contribution is 0.133. The Morgan fingerprint density at radius 1 is 1.10 bits per heavy atom. The molecule has 0 aliphatic rings. The maximum atomic E-state index is 10.6. The van der Waals surface area contributed by atoms with E-state index in [9.17, 15) is 14.9 Å². The molecule has 7 heteroatoms. The zero-order valence-corrected chi connectivity index (χ0v) is 17.7. The van der Waals surface area contributed by atoms with Crippen LogP contribution in [0.25, 0.3) is 0 Å². The number of aliphatic hydroxyl groups excluding tert-OH is 1. The molecule has 0 saturated heterocycles. The summed E-state index contributed by atoms with van der Waals surface area (Å²) in [5.41, 5.74) is 7.86. The number of hydrogen-bond donors (Lipinski definition) is 2. The number of ether oxygens (including phenoxy) is 1. The summed E-state index contributed by atoms with van der Waals surface area (Å²) in [7, 11) is -1.35. The highest BCUT2D eigenvalue weighted by atomic mass is 31.1. The van der Waals surface area contributed by atoms with Crippen LogP contribution in [0, 0.1) is 11.3 Å². The molecule has 2 rings (SSSR count). The maximum absolute atomic E-state index is 10.6. The molecule has 29 heavy (non-hydrogen) atoms. The molecule has 2 unspecified atom stereocenters. The Labute approximate surface area is 173 Å². The van der Waals surface area contributed by atoms with Crippen LogP contribution >= 0.6 is 8.69 Å². The van der Waals surface area contributed by atoms with Crippen molar-refractivity contribution in [3.05, 3.63) is 65.2 Å². The van der Waals surface area contributed by atoms with Gasteiger partial charge >= 0.3 is 0 Å². The Morgan fingerprint density at radius 3 is 2.59 bits per heavy atom. The van der Waals surface area contributed by atoms with Crippen molar-refractivity contribution in [3.63, 3.8) is 0 Å². The fraction of sp³-hybridized carbons (Fsp3) is 0.409. The van der Waals surface area contributed by atoms with Gasteiger partial charge in [-0.05, 0) is 55.4 Å². The number of aliphatic hydroxyl groups is 1. The Hall–Kier alpha value is -2.16. The smallest absolute Gasteiger partial charge is 0.180 e. The van der Waals surface area contributed by atoms with Crippen molar-refractivity contribution >= 4 is 8.69 Å². The minimum absolute atomic E-state index is 0.0393. The molecule has 0 bridgehead atoms. The maximum Gasteiger partial charge on any atom is 0.180 e. The SMILES string of the molecule is N#Cc1cc(CCC(N)(CO)CO[PH2]=O)ccc1OCCCCc1ccccc1. The quantitative estimate of drug-likeness (QED) is 0.384. The van der Waals surface area contributed by atoms with Crippen LogP contribution in [0.3, 0.4) is 0 Å². The summed E-state index contributed by atoms with van der Waals surface area (Å²) in [6.07, 6.45) is 3.97. The van der Waals surface area contributed by atoms with Crippen LogP contribution in [0.15, 0.2) is 48.5 Å². The number of nitrogens with zero attached hydrogens (tertiary/aromatic N) is 1. The van der Waals surface area contributed by atoms with Gasteiger partial charge in [-0.25, -0.2) is 0 Å². The molecule has 2 atom stereocenters. The van der Waals surface area contributed by atoms with Crippen LogP contribution in [0.2, 0.25) is 0 Å². The van der Waals surface area contributed by atoms with E-state index in [1.165, 1.54) is 5.56 Å². The van der Waals surface area contributed by atoms with Gasteiger partial charge in [-0.15, -0.1) is 0 Å². The van der Waals surface area contributed by atoms with E-state index >= 15 is 0 Å². The third kappa shape index (κ3) is 8.00. The van der Waals surface area contributed by atoms with Crippen LogP contribution in [-0.2, 0) is 21.9 Å². The molecule has 0 heterocycles. The molecule has 2 aromatic rings. The van der Waals surface area contributed by atoms with Crippen LogP contribution < -0.4 is 10.5 Å². The summed E-state index contributed by atoms with van der Waals surface area (Å²) >= 11 is 0. The van der Waals surface area contributed by atoms with E-state index in [0.29, 0.717) is 30.8 Å². The lowest BCUT2D eigenvalue weighted by Gasteiger charge is -2.26. The minimum Gasteiger partial charge on any atom is -0.492 e. The standard InChI is InChI=1S/C22H29N2O4P/c23-15-20-14-19(11-12-22(24,16-25)17-28-29-26)9-10-21(20)27-13-5-4-8-18-6-2-1-3-7-18/h1-3,6-7,9-10,14,25H,4-5,8,11-13,16-17,24,29H2. The van der Waals surface area contributed by atoms with E-state index in [1.54, 1.807) is 12.1 Å². The zero-order chi connectivity index (χ0) is 21.0. The predicted molar refractivity (Wildman–Crippen MR) is 115 cm³/mol. The summed E-state index contributed by atoms with van der Waals surface area (Å²) in [4.78, 5) is 0.